The van der Waals surface area contributed by atoms with Crippen molar-refractivity contribution in [3.63, 3.8) is 0 Å². The molecular formula is C19H26N4O3S. The smallest absolute Gasteiger partial charge is 0.169 e. The molecule has 0 radical (unpaired) electrons. The molecule has 146 valence electrons. The number of para-hydroxylation sites is 1. The van der Waals surface area contributed by atoms with Crippen molar-refractivity contribution in [2.45, 2.75) is 39.7 Å². The van der Waals surface area contributed by atoms with Crippen LogP contribution in [0.2, 0.25) is 0 Å². The molecule has 0 saturated heterocycles. The minimum absolute atomic E-state index is 0.195. The number of nitrogens with two attached hydrogens (primary N) is 1. The van der Waals surface area contributed by atoms with Crippen molar-refractivity contribution in [2.75, 3.05) is 18.6 Å². The highest BCUT2D eigenvalue weighted by molar-refractivity contribution is 7.90. The Morgan fingerprint density at radius 3 is 2.48 bits per heavy atom. The molecule has 7 nitrogen and oxygen atoms in total. The van der Waals surface area contributed by atoms with Gasteiger partial charge in [-0.15, -0.1) is 0 Å². The van der Waals surface area contributed by atoms with Gasteiger partial charge < -0.3 is 15.0 Å². The van der Waals surface area contributed by atoms with E-state index in [1.807, 2.05) is 52.0 Å². The van der Waals surface area contributed by atoms with E-state index in [-0.39, 0.29) is 12.4 Å². The normalized spacial score (nSPS) is 14.1. The van der Waals surface area contributed by atoms with Crippen molar-refractivity contribution in [1.82, 2.24) is 14.5 Å². The molecule has 0 amide bonds. The van der Waals surface area contributed by atoms with Gasteiger partial charge in [-0.1, -0.05) is 39.0 Å². The number of sulfone groups is 1. The molecule has 0 aliphatic rings. The molecule has 0 saturated carbocycles. The summed E-state index contributed by atoms with van der Waals surface area (Å²) >= 11 is 0. The number of rotatable bonds is 5. The van der Waals surface area contributed by atoms with Gasteiger partial charge in [0.05, 0.1) is 11.0 Å². The molecule has 0 aliphatic carbocycles. The lowest BCUT2D eigenvalue weighted by molar-refractivity contribution is 0.123. The summed E-state index contributed by atoms with van der Waals surface area (Å²) in [6.45, 7) is 8.29. The van der Waals surface area contributed by atoms with Crippen LogP contribution >= 0.6 is 0 Å². The maximum atomic E-state index is 12.8. The Hall–Kier alpha value is -2.19. The Morgan fingerprint density at radius 1 is 1.22 bits per heavy atom. The molecule has 27 heavy (non-hydrogen) atoms. The van der Waals surface area contributed by atoms with Crippen molar-refractivity contribution in [2.24, 2.45) is 5.41 Å². The Labute approximate surface area is 159 Å². The standard InChI is InChI=1S/C19H26N4O3S/c1-6-26-11-14-22-15-16(12-9-7-8-10-13(12)21-17(15)20)23(14)18(19(2,3)4)27(5,24)25/h7-10,18H,6,11H2,1-5H3,(H2,20,21). The first-order valence-corrected chi connectivity index (χ1v) is 10.8. The molecule has 3 aromatic rings. The van der Waals surface area contributed by atoms with Crippen LogP contribution in [0.1, 0.15) is 38.9 Å². The van der Waals surface area contributed by atoms with Gasteiger partial charge in [-0.25, -0.2) is 18.4 Å². The van der Waals surface area contributed by atoms with Gasteiger partial charge in [-0.2, -0.15) is 0 Å². The Bertz CT molecular complexity index is 1100. The minimum Gasteiger partial charge on any atom is -0.382 e. The Morgan fingerprint density at radius 2 is 1.89 bits per heavy atom. The van der Waals surface area contributed by atoms with Crippen molar-refractivity contribution in [3.8, 4) is 0 Å². The fraction of sp³-hybridized carbons (Fsp3) is 0.474. The maximum absolute atomic E-state index is 12.8. The molecule has 1 aromatic carbocycles. The van der Waals surface area contributed by atoms with E-state index in [9.17, 15) is 8.42 Å². The SMILES string of the molecule is CCOCc1nc2c(N)nc3ccccc3c2n1C(C(C)(C)C)S(C)(=O)=O. The number of anilines is 1. The zero-order valence-corrected chi connectivity index (χ0v) is 17.2. The summed E-state index contributed by atoms with van der Waals surface area (Å²) in [5.41, 5.74) is 7.49. The first-order chi connectivity index (χ1) is 12.6. The van der Waals surface area contributed by atoms with Crippen LogP contribution < -0.4 is 5.73 Å². The van der Waals surface area contributed by atoms with Gasteiger partial charge in [-0.05, 0) is 18.4 Å². The minimum atomic E-state index is -3.46. The van der Waals surface area contributed by atoms with Crippen molar-refractivity contribution in [3.05, 3.63) is 30.1 Å². The third-order valence-electron chi connectivity index (χ3n) is 4.44. The van der Waals surface area contributed by atoms with E-state index in [2.05, 4.69) is 9.97 Å². The van der Waals surface area contributed by atoms with Crippen molar-refractivity contribution >= 4 is 37.6 Å². The largest absolute Gasteiger partial charge is 0.382 e. The summed E-state index contributed by atoms with van der Waals surface area (Å²) in [4.78, 5) is 9.07. The van der Waals surface area contributed by atoms with Gasteiger partial charge in [0.1, 0.15) is 23.3 Å². The van der Waals surface area contributed by atoms with Crippen LogP contribution in [0.25, 0.3) is 21.9 Å². The van der Waals surface area contributed by atoms with E-state index in [0.717, 1.165) is 5.39 Å². The van der Waals surface area contributed by atoms with Gasteiger partial charge in [-0.3, -0.25) is 0 Å². The number of aromatic nitrogens is 3. The Balaban J connectivity index is 2.50. The molecule has 8 heteroatoms. The molecule has 2 N–H and O–H groups in total. The van der Waals surface area contributed by atoms with Gasteiger partial charge in [0.25, 0.3) is 0 Å². The average molecular weight is 391 g/mol. The quantitative estimate of drug-likeness (QED) is 0.717. The predicted octanol–water partition coefficient (Wildman–Crippen LogP) is 3.29. The molecule has 0 bridgehead atoms. The summed E-state index contributed by atoms with van der Waals surface area (Å²) in [7, 11) is -3.46. The van der Waals surface area contributed by atoms with Crippen LogP contribution in [0.15, 0.2) is 24.3 Å². The lowest BCUT2D eigenvalue weighted by Gasteiger charge is -2.32. The number of nitrogens with zero attached hydrogens (tertiary/aromatic N) is 3. The predicted molar refractivity (Wildman–Crippen MR) is 108 cm³/mol. The fourth-order valence-corrected chi connectivity index (χ4v) is 5.53. The fourth-order valence-electron chi connectivity index (χ4n) is 3.64. The average Bonchev–Trinajstić information content (AvgIpc) is 2.90. The molecule has 0 fully saturated rings. The second-order valence-corrected chi connectivity index (χ2v) is 9.90. The van der Waals surface area contributed by atoms with E-state index < -0.39 is 20.6 Å². The first-order valence-electron chi connectivity index (χ1n) is 8.87. The summed E-state index contributed by atoms with van der Waals surface area (Å²) in [5, 5.41) is -0.00879. The molecule has 2 aromatic heterocycles. The number of benzene rings is 1. The number of pyridine rings is 1. The zero-order chi connectivity index (χ0) is 20.0. The number of ether oxygens (including phenoxy) is 1. The highest BCUT2D eigenvalue weighted by atomic mass is 32.2. The van der Waals surface area contributed by atoms with Gasteiger partial charge in [0, 0.05) is 18.2 Å². The topological polar surface area (TPSA) is 100 Å². The second kappa shape index (κ2) is 6.76. The number of imidazole rings is 1. The molecule has 0 spiro atoms. The van der Waals surface area contributed by atoms with Crippen LogP contribution in [0.3, 0.4) is 0 Å². The number of hydrogen-bond acceptors (Lipinski definition) is 6. The third kappa shape index (κ3) is 3.51. The van der Waals surface area contributed by atoms with Crippen LogP contribution in [0.5, 0.6) is 0 Å². The van der Waals surface area contributed by atoms with Crippen LogP contribution in [-0.2, 0) is 21.2 Å². The highest BCUT2D eigenvalue weighted by Crippen LogP contribution is 2.40. The second-order valence-electron chi connectivity index (χ2n) is 7.79. The number of fused-ring (bicyclic) bond motifs is 3. The van der Waals surface area contributed by atoms with Crippen LogP contribution in [-0.4, -0.2) is 35.8 Å². The lowest BCUT2D eigenvalue weighted by atomic mass is 9.96. The monoisotopic (exact) mass is 390 g/mol. The van der Waals surface area contributed by atoms with Crippen molar-refractivity contribution < 1.29 is 13.2 Å². The van der Waals surface area contributed by atoms with E-state index in [4.69, 9.17) is 10.5 Å². The van der Waals surface area contributed by atoms with Crippen LogP contribution in [0, 0.1) is 5.41 Å². The van der Waals surface area contributed by atoms with E-state index in [0.29, 0.717) is 29.0 Å². The van der Waals surface area contributed by atoms with Gasteiger partial charge in [0.15, 0.2) is 15.7 Å². The first kappa shape index (κ1) is 19.6. The number of hydrogen-bond donors (Lipinski definition) is 1. The third-order valence-corrected chi connectivity index (χ3v) is 6.17. The summed E-state index contributed by atoms with van der Waals surface area (Å²) in [6.07, 6.45) is 1.26. The zero-order valence-electron chi connectivity index (χ0n) is 16.4. The van der Waals surface area contributed by atoms with Gasteiger partial charge in [0.2, 0.25) is 0 Å². The summed E-state index contributed by atoms with van der Waals surface area (Å²) in [5.74, 6) is 0.809. The van der Waals surface area contributed by atoms with E-state index >= 15 is 0 Å². The van der Waals surface area contributed by atoms with Crippen molar-refractivity contribution in [1.29, 1.82) is 0 Å². The van der Waals surface area contributed by atoms with Gasteiger partial charge >= 0.3 is 0 Å². The van der Waals surface area contributed by atoms with E-state index in [1.54, 1.807) is 4.57 Å². The molecule has 3 rings (SSSR count). The highest BCUT2D eigenvalue weighted by Gasteiger charge is 2.38. The lowest BCUT2D eigenvalue weighted by Crippen LogP contribution is -2.32. The van der Waals surface area contributed by atoms with Crippen LogP contribution in [0.4, 0.5) is 5.82 Å². The summed E-state index contributed by atoms with van der Waals surface area (Å²) < 4.78 is 33.0. The molecule has 2 heterocycles. The van der Waals surface area contributed by atoms with E-state index in [1.165, 1.54) is 6.26 Å². The summed E-state index contributed by atoms with van der Waals surface area (Å²) in [6, 6.07) is 7.54. The molecule has 0 aliphatic heterocycles. The molecule has 1 atom stereocenters. The molecule has 1 unspecified atom stereocenters. The maximum Gasteiger partial charge on any atom is 0.169 e. The number of nitrogen functional groups attached to an aromatic ring is 1. The molecular weight excluding hydrogens is 364 g/mol. The Kier molecular flexibility index (Phi) is 4.90.